The summed E-state index contributed by atoms with van der Waals surface area (Å²) in [5.41, 5.74) is 3.60. The van der Waals surface area contributed by atoms with E-state index in [4.69, 9.17) is 4.74 Å². The van der Waals surface area contributed by atoms with E-state index in [1.54, 1.807) is 29.7 Å². The van der Waals surface area contributed by atoms with Gasteiger partial charge in [-0.3, -0.25) is 9.69 Å². The van der Waals surface area contributed by atoms with E-state index in [0.717, 1.165) is 11.1 Å². The van der Waals surface area contributed by atoms with E-state index >= 15 is 0 Å². The SMILES string of the molecule is CCOC(=O)N1C[C@H](C)N(C(C)=O)c2ccc(-c3cccc(CS(=O)(=O)CC)c3)cc21. The van der Waals surface area contributed by atoms with Crippen LogP contribution in [0, 0.1) is 0 Å². The zero-order valence-corrected chi connectivity index (χ0v) is 19.1. The van der Waals surface area contributed by atoms with E-state index in [1.165, 1.54) is 6.92 Å². The second kappa shape index (κ2) is 9.09. The molecule has 0 N–H and O–H groups in total. The third kappa shape index (κ3) is 4.90. The molecule has 1 aliphatic rings. The van der Waals surface area contributed by atoms with Crippen LogP contribution in [-0.2, 0) is 25.1 Å². The van der Waals surface area contributed by atoms with Crippen molar-refractivity contribution in [2.24, 2.45) is 0 Å². The Balaban J connectivity index is 2.07. The maximum atomic E-state index is 12.6. The first kappa shape index (κ1) is 22.8. The van der Waals surface area contributed by atoms with Crippen molar-refractivity contribution in [2.75, 3.05) is 28.7 Å². The van der Waals surface area contributed by atoms with Gasteiger partial charge in [-0.1, -0.05) is 37.3 Å². The standard InChI is InChI=1S/C23H28N2O5S/c1-5-30-23(27)24-14-16(3)25(17(4)26)21-11-10-20(13-22(21)24)19-9-7-8-18(12-19)15-31(28,29)6-2/h7-13,16H,5-6,14-15H2,1-4H3/t16-/m0/s1. The maximum Gasteiger partial charge on any atom is 0.414 e. The van der Waals surface area contributed by atoms with Crippen molar-refractivity contribution in [2.45, 2.75) is 39.5 Å². The van der Waals surface area contributed by atoms with Gasteiger partial charge in [0.25, 0.3) is 0 Å². The quantitative estimate of drug-likeness (QED) is 0.696. The van der Waals surface area contributed by atoms with Gasteiger partial charge < -0.3 is 9.64 Å². The number of benzene rings is 2. The minimum absolute atomic E-state index is 0.0210. The van der Waals surface area contributed by atoms with Crippen molar-refractivity contribution >= 4 is 33.2 Å². The van der Waals surface area contributed by atoms with E-state index in [-0.39, 0.29) is 30.1 Å². The fourth-order valence-corrected chi connectivity index (χ4v) is 4.75. The van der Waals surface area contributed by atoms with Crippen LogP contribution in [0.1, 0.15) is 33.3 Å². The number of fused-ring (bicyclic) bond motifs is 1. The van der Waals surface area contributed by atoms with Gasteiger partial charge in [-0.25, -0.2) is 13.2 Å². The van der Waals surface area contributed by atoms with Crippen molar-refractivity contribution in [3.63, 3.8) is 0 Å². The van der Waals surface area contributed by atoms with Gasteiger partial charge in [0.15, 0.2) is 9.84 Å². The lowest BCUT2D eigenvalue weighted by atomic mass is 9.99. The molecule has 2 aromatic rings. The average molecular weight is 445 g/mol. The van der Waals surface area contributed by atoms with Crippen LogP contribution in [-0.4, -0.2) is 45.4 Å². The molecule has 166 valence electrons. The third-order valence-electron chi connectivity index (χ3n) is 5.33. The van der Waals surface area contributed by atoms with Crippen LogP contribution >= 0.6 is 0 Å². The maximum absolute atomic E-state index is 12.6. The predicted octanol–water partition coefficient (Wildman–Crippen LogP) is 4.01. The Hall–Kier alpha value is -2.87. The van der Waals surface area contributed by atoms with Crippen LogP contribution in [0.2, 0.25) is 0 Å². The van der Waals surface area contributed by atoms with Gasteiger partial charge in [0.05, 0.1) is 29.8 Å². The summed E-state index contributed by atoms with van der Waals surface area (Å²) in [5.74, 6) is -0.0342. The van der Waals surface area contributed by atoms with E-state index < -0.39 is 15.9 Å². The Morgan fingerprint density at radius 1 is 1.06 bits per heavy atom. The Bertz CT molecular complexity index is 1100. The second-order valence-corrected chi connectivity index (χ2v) is 9.98. The molecule has 0 spiro atoms. The molecule has 0 saturated heterocycles. The minimum Gasteiger partial charge on any atom is -0.449 e. The summed E-state index contributed by atoms with van der Waals surface area (Å²) >= 11 is 0. The highest BCUT2D eigenvalue weighted by Gasteiger charge is 2.34. The summed E-state index contributed by atoms with van der Waals surface area (Å²) in [4.78, 5) is 28.1. The summed E-state index contributed by atoms with van der Waals surface area (Å²) in [6.45, 7) is 7.36. The molecular formula is C23H28N2O5S. The highest BCUT2D eigenvalue weighted by molar-refractivity contribution is 7.90. The summed E-state index contributed by atoms with van der Waals surface area (Å²) in [5, 5.41) is 0. The van der Waals surface area contributed by atoms with Gasteiger partial charge in [-0.05, 0) is 42.7 Å². The Labute approximate surface area is 183 Å². The molecule has 0 unspecified atom stereocenters. The molecule has 0 fully saturated rings. The molecule has 2 amide bonds. The fourth-order valence-electron chi connectivity index (χ4n) is 3.86. The molecule has 0 aromatic heterocycles. The topological polar surface area (TPSA) is 84.0 Å². The summed E-state index contributed by atoms with van der Waals surface area (Å²) in [6.07, 6.45) is -0.459. The number of carbonyl (C=O) groups is 2. The number of anilines is 2. The molecule has 1 atom stereocenters. The van der Waals surface area contributed by atoms with Gasteiger partial charge in [0.1, 0.15) is 0 Å². The minimum atomic E-state index is -3.15. The number of hydrogen-bond acceptors (Lipinski definition) is 5. The fraction of sp³-hybridized carbons (Fsp3) is 0.391. The van der Waals surface area contributed by atoms with E-state index in [1.807, 2.05) is 43.3 Å². The Morgan fingerprint density at radius 2 is 1.77 bits per heavy atom. The lowest BCUT2D eigenvalue weighted by Crippen LogP contribution is -2.51. The molecule has 8 heteroatoms. The molecule has 3 rings (SSSR count). The number of rotatable bonds is 5. The molecule has 0 radical (unpaired) electrons. The number of hydrogen-bond donors (Lipinski definition) is 0. The van der Waals surface area contributed by atoms with Crippen LogP contribution in [0.4, 0.5) is 16.2 Å². The molecule has 1 heterocycles. The van der Waals surface area contributed by atoms with Crippen LogP contribution < -0.4 is 9.80 Å². The Morgan fingerprint density at radius 3 is 2.42 bits per heavy atom. The molecule has 2 aromatic carbocycles. The molecule has 1 aliphatic heterocycles. The summed E-state index contributed by atoms with van der Waals surface area (Å²) in [6, 6.07) is 12.7. The Kier molecular flexibility index (Phi) is 6.69. The predicted molar refractivity (Wildman–Crippen MR) is 122 cm³/mol. The molecule has 0 aliphatic carbocycles. The molecule has 7 nitrogen and oxygen atoms in total. The number of sulfone groups is 1. The van der Waals surface area contributed by atoms with E-state index in [0.29, 0.717) is 23.5 Å². The second-order valence-electron chi connectivity index (χ2n) is 7.63. The van der Waals surface area contributed by atoms with Gasteiger partial charge in [0, 0.05) is 19.2 Å². The van der Waals surface area contributed by atoms with Crippen LogP contribution in [0.15, 0.2) is 42.5 Å². The molecular weight excluding hydrogens is 416 g/mol. The van der Waals surface area contributed by atoms with Crippen LogP contribution in [0.25, 0.3) is 11.1 Å². The molecule has 31 heavy (non-hydrogen) atoms. The smallest absolute Gasteiger partial charge is 0.414 e. The van der Waals surface area contributed by atoms with Crippen LogP contribution in [0.3, 0.4) is 0 Å². The van der Waals surface area contributed by atoms with Crippen molar-refractivity contribution in [1.82, 2.24) is 0 Å². The van der Waals surface area contributed by atoms with Gasteiger partial charge in [-0.2, -0.15) is 0 Å². The summed E-state index contributed by atoms with van der Waals surface area (Å²) in [7, 11) is -3.15. The number of carbonyl (C=O) groups excluding carboxylic acids is 2. The van der Waals surface area contributed by atoms with Crippen molar-refractivity contribution in [1.29, 1.82) is 0 Å². The lowest BCUT2D eigenvalue weighted by Gasteiger charge is -2.40. The number of ether oxygens (including phenoxy) is 1. The molecule has 0 bridgehead atoms. The largest absolute Gasteiger partial charge is 0.449 e. The van der Waals surface area contributed by atoms with Crippen molar-refractivity contribution < 1.29 is 22.7 Å². The van der Waals surface area contributed by atoms with Crippen molar-refractivity contribution in [3.8, 4) is 11.1 Å². The third-order valence-corrected chi connectivity index (χ3v) is 6.98. The average Bonchev–Trinajstić information content (AvgIpc) is 2.72. The summed E-state index contributed by atoms with van der Waals surface area (Å²) < 4.78 is 29.3. The van der Waals surface area contributed by atoms with E-state index in [2.05, 4.69) is 0 Å². The molecule has 0 saturated carbocycles. The number of amides is 2. The number of nitrogens with zero attached hydrogens (tertiary/aromatic N) is 2. The zero-order chi connectivity index (χ0) is 22.8. The first-order chi connectivity index (χ1) is 14.7. The first-order valence-electron chi connectivity index (χ1n) is 10.3. The highest BCUT2D eigenvalue weighted by atomic mass is 32.2. The first-order valence-corrected chi connectivity index (χ1v) is 12.2. The van der Waals surface area contributed by atoms with E-state index in [9.17, 15) is 18.0 Å². The zero-order valence-electron chi connectivity index (χ0n) is 18.3. The van der Waals surface area contributed by atoms with Gasteiger partial charge >= 0.3 is 6.09 Å². The highest BCUT2D eigenvalue weighted by Crippen LogP contribution is 2.39. The van der Waals surface area contributed by atoms with Crippen molar-refractivity contribution in [3.05, 3.63) is 48.0 Å². The monoisotopic (exact) mass is 444 g/mol. The van der Waals surface area contributed by atoms with Gasteiger partial charge in [-0.15, -0.1) is 0 Å². The normalized spacial score (nSPS) is 16.1. The lowest BCUT2D eigenvalue weighted by molar-refractivity contribution is -0.117. The van der Waals surface area contributed by atoms with Crippen LogP contribution in [0.5, 0.6) is 0 Å². The van der Waals surface area contributed by atoms with Gasteiger partial charge in [0.2, 0.25) is 5.91 Å².